The maximum absolute atomic E-state index is 13.1. The summed E-state index contributed by atoms with van der Waals surface area (Å²) < 4.78 is 26.2. The Morgan fingerprint density at radius 3 is 2.11 bits per heavy atom. The number of anilines is 1. The fraction of sp³-hybridized carbons (Fsp3) is 0. The zero-order valence-electron chi connectivity index (χ0n) is 14.2. The van der Waals surface area contributed by atoms with Crippen molar-refractivity contribution < 1.29 is 18.1 Å². The summed E-state index contributed by atoms with van der Waals surface area (Å²) in [6.45, 7) is 0. The van der Waals surface area contributed by atoms with Gasteiger partial charge < -0.3 is 5.32 Å². The molecule has 0 atom stereocenters. The summed E-state index contributed by atoms with van der Waals surface area (Å²) in [5.74, 6) is -0.667. The van der Waals surface area contributed by atoms with Crippen molar-refractivity contribution in [2.24, 2.45) is 0 Å². The van der Waals surface area contributed by atoms with E-state index < -0.39 is 31.3 Å². The molecule has 3 rings (SSSR count). The Labute approximate surface area is 165 Å². The summed E-state index contributed by atoms with van der Waals surface area (Å²) >= 11 is 5.81. The molecule has 142 valence electrons. The first-order valence-electron chi connectivity index (χ1n) is 7.95. The molecule has 0 spiro atoms. The molecule has 3 aromatic carbocycles. The normalized spacial score (nSPS) is 11.0. The maximum atomic E-state index is 13.1. The molecule has 0 aromatic heterocycles. The van der Waals surface area contributed by atoms with Crippen LogP contribution in [0.3, 0.4) is 0 Å². The van der Waals surface area contributed by atoms with Crippen LogP contribution in [0.4, 0.5) is 11.4 Å². The summed E-state index contributed by atoms with van der Waals surface area (Å²) in [7, 11) is -4.31. The Balaban J connectivity index is 2.06. The van der Waals surface area contributed by atoms with Crippen LogP contribution in [0.5, 0.6) is 0 Å². The van der Waals surface area contributed by atoms with Crippen LogP contribution in [0.2, 0.25) is 5.02 Å². The Kier molecular flexibility index (Phi) is 5.43. The van der Waals surface area contributed by atoms with Gasteiger partial charge in [-0.25, -0.2) is 8.42 Å². The van der Waals surface area contributed by atoms with Crippen molar-refractivity contribution >= 4 is 38.7 Å². The number of nitro groups is 1. The number of hydrogen-bond donors (Lipinski definition) is 1. The van der Waals surface area contributed by atoms with Gasteiger partial charge in [-0.2, -0.15) is 0 Å². The molecule has 0 fully saturated rings. The second kappa shape index (κ2) is 7.79. The van der Waals surface area contributed by atoms with Crippen molar-refractivity contribution in [3.63, 3.8) is 0 Å². The fourth-order valence-electron chi connectivity index (χ4n) is 2.57. The van der Waals surface area contributed by atoms with E-state index in [9.17, 15) is 23.3 Å². The largest absolute Gasteiger partial charge is 0.322 e. The fourth-order valence-corrected chi connectivity index (χ4v) is 4.32. The molecule has 0 aliphatic heterocycles. The number of nitrogens with zero attached hydrogens (tertiary/aromatic N) is 1. The summed E-state index contributed by atoms with van der Waals surface area (Å²) in [5.41, 5.74) is -0.265. The van der Waals surface area contributed by atoms with Crippen molar-refractivity contribution in [2.75, 3.05) is 5.32 Å². The number of halogens is 1. The van der Waals surface area contributed by atoms with Crippen LogP contribution in [0.1, 0.15) is 10.4 Å². The number of benzene rings is 3. The lowest BCUT2D eigenvalue weighted by atomic mass is 10.2. The lowest BCUT2D eigenvalue weighted by molar-refractivity contribution is -0.387. The highest BCUT2D eigenvalue weighted by Gasteiger charge is 2.30. The van der Waals surface area contributed by atoms with Crippen molar-refractivity contribution in [3.8, 4) is 0 Å². The minimum atomic E-state index is -4.31. The molecule has 0 aliphatic rings. The van der Waals surface area contributed by atoms with Gasteiger partial charge >= 0.3 is 0 Å². The molecule has 1 N–H and O–H groups in total. The van der Waals surface area contributed by atoms with E-state index >= 15 is 0 Å². The Hall–Kier alpha value is -3.23. The molecule has 0 saturated carbocycles. The van der Waals surface area contributed by atoms with Gasteiger partial charge in [-0.15, -0.1) is 0 Å². The number of hydrogen-bond acceptors (Lipinski definition) is 5. The minimum absolute atomic E-state index is 0.129. The molecular formula is C19H13ClN2O5S. The highest BCUT2D eigenvalue weighted by atomic mass is 35.5. The lowest BCUT2D eigenvalue weighted by Crippen LogP contribution is -2.17. The standard InChI is InChI=1S/C19H13ClN2O5S/c20-13-9-11-14(12-10-13)21-19(23)15-5-1-3-7-17(15)28(26,27)18-8-4-2-6-16(18)22(24)25/h1-12H,(H,21,23). The molecular weight excluding hydrogens is 404 g/mol. The molecule has 0 heterocycles. The van der Waals surface area contributed by atoms with Crippen LogP contribution in [0.25, 0.3) is 0 Å². The second-order valence-corrected chi connectivity index (χ2v) is 8.01. The lowest BCUT2D eigenvalue weighted by Gasteiger charge is -2.11. The quantitative estimate of drug-likeness (QED) is 0.492. The Bertz CT molecular complexity index is 1160. The molecule has 0 bridgehead atoms. The SMILES string of the molecule is O=C(Nc1ccc(Cl)cc1)c1ccccc1S(=O)(=O)c1ccccc1[N+](=O)[O-]. The molecule has 28 heavy (non-hydrogen) atoms. The first-order valence-corrected chi connectivity index (χ1v) is 9.81. The summed E-state index contributed by atoms with van der Waals surface area (Å²) in [5, 5.41) is 14.3. The number of carbonyl (C=O) groups is 1. The number of nitro benzene ring substituents is 1. The zero-order valence-corrected chi connectivity index (χ0v) is 15.8. The number of carbonyl (C=O) groups excluding carboxylic acids is 1. The molecule has 3 aromatic rings. The van der Waals surface area contributed by atoms with E-state index in [0.717, 1.165) is 12.1 Å². The highest BCUT2D eigenvalue weighted by molar-refractivity contribution is 7.91. The average Bonchev–Trinajstić information content (AvgIpc) is 2.69. The van der Waals surface area contributed by atoms with Crippen LogP contribution < -0.4 is 5.32 Å². The van der Waals surface area contributed by atoms with Gasteiger partial charge in [-0.3, -0.25) is 14.9 Å². The third-order valence-electron chi connectivity index (χ3n) is 3.87. The third kappa shape index (κ3) is 3.88. The Morgan fingerprint density at radius 2 is 1.46 bits per heavy atom. The predicted octanol–water partition coefficient (Wildman–Crippen LogP) is 4.33. The maximum Gasteiger partial charge on any atom is 0.288 e. The molecule has 1 amide bonds. The monoisotopic (exact) mass is 416 g/mol. The van der Waals surface area contributed by atoms with E-state index in [2.05, 4.69) is 5.32 Å². The van der Waals surface area contributed by atoms with E-state index in [1.807, 2.05) is 0 Å². The summed E-state index contributed by atoms with van der Waals surface area (Å²) in [4.78, 5) is 22.3. The van der Waals surface area contributed by atoms with E-state index in [0.29, 0.717) is 10.7 Å². The van der Waals surface area contributed by atoms with Gasteiger partial charge in [-0.05, 0) is 42.5 Å². The smallest absolute Gasteiger partial charge is 0.288 e. The molecule has 9 heteroatoms. The molecule has 0 aliphatic carbocycles. The highest BCUT2D eigenvalue weighted by Crippen LogP contribution is 2.31. The number of nitrogens with one attached hydrogen (secondary N) is 1. The molecule has 7 nitrogen and oxygen atoms in total. The van der Waals surface area contributed by atoms with E-state index in [1.54, 1.807) is 24.3 Å². The van der Waals surface area contributed by atoms with E-state index in [4.69, 9.17) is 11.6 Å². The molecule has 0 saturated heterocycles. The van der Waals surface area contributed by atoms with Crippen molar-refractivity contribution in [1.29, 1.82) is 0 Å². The number of sulfone groups is 1. The molecule has 0 unspecified atom stereocenters. The van der Waals surface area contributed by atoms with Crippen LogP contribution >= 0.6 is 11.6 Å². The average molecular weight is 417 g/mol. The van der Waals surface area contributed by atoms with Crippen molar-refractivity contribution in [2.45, 2.75) is 9.79 Å². The van der Waals surface area contributed by atoms with Gasteiger partial charge in [0.25, 0.3) is 11.6 Å². The Morgan fingerprint density at radius 1 is 0.893 bits per heavy atom. The van der Waals surface area contributed by atoms with E-state index in [-0.39, 0.29) is 10.5 Å². The van der Waals surface area contributed by atoms with Crippen molar-refractivity contribution in [3.05, 3.63) is 93.5 Å². The topological polar surface area (TPSA) is 106 Å². The van der Waals surface area contributed by atoms with Crippen LogP contribution in [-0.4, -0.2) is 19.2 Å². The van der Waals surface area contributed by atoms with E-state index in [1.165, 1.54) is 36.4 Å². The van der Waals surface area contributed by atoms with Crippen LogP contribution in [0.15, 0.2) is 82.6 Å². The van der Waals surface area contributed by atoms with Gasteiger partial charge in [0.2, 0.25) is 9.84 Å². The molecule has 0 radical (unpaired) electrons. The van der Waals surface area contributed by atoms with Crippen LogP contribution in [-0.2, 0) is 9.84 Å². The van der Waals surface area contributed by atoms with Crippen LogP contribution in [0, 0.1) is 10.1 Å². The third-order valence-corrected chi connectivity index (χ3v) is 5.99. The minimum Gasteiger partial charge on any atom is -0.322 e. The first-order chi connectivity index (χ1) is 13.3. The van der Waals surface area contributed by atoms with Gasteiger partial charge in [-0.1, -0.05) is 35.9 Å². The number of amides is 1. The van der Waals surface area contributed by atoms with Gasteiger partial charge in [0.1, 0.15) is 4.90 Å². The summed E-state index contributed by atoms with van der Waals surface area (Å²) in [6.07, 6.45) is 0. The van der Waals surface area contributed by atoms with Gasteiger partial charge in [0.05, 0.1) is 15.4 Å². The predicted molar refractivity (Wildman–Crippen MR) is 104 cm³/mol. The number of para-hydroxylation sites is 1. The second-order valence-electron chi connectivity index (χ2n) is 5.69. The zero-order chi connectivity index (χ0) is 20.3. The number of rotatable bonds is 5. The van der Waals surface area contributed by atoms with Gasteiger partial charge in [0, 0.05) is 16.8 Å². The van der Waals surface area contributed by atoms with Crippen molar-refractivity contribution in [1.82, 2.24) is 0 Å². The first kappa shape index (κ1) is 19.5. The summed E-state index contributed by atoms with van der Waals surface area (Å²) in [6, 6.07) is 16.8. The van der Waals surface area contributed by atoms with Gasteiger partial charge in [0.15, 0.2) is 0 Å².